The van der Waals surface area contributed by atoms with Crippen LogP contribution in [0.4, 0.5) is 4.79 Å². The molecule has 0 spiro atoms. The van der Waals surface area contributed by atoms with Gasteiger partial charge in [0.2, 0.25) is 11.8 Å². The van der Waals surface area contributed by atoms with Crippen LogP contribution in [0.1, 0.15) is 285 Å². The molecule has 17 nitrogen and oxygen atoms in total. The molecule has 604 valence electrons. The topological polar surface area (TPSA) is 207 Å². The fraction of sp³-hybridized carbons (Fsp3) is 0.659. The molecule has 4 amide bonds. The predicted octanol–water partition coefficient (Wildman–Crippen LogP) is 18.2. The minimum Gasteiger partial charge on any atom is -0.379 e. The maximum Gasteiger partial charge on any atom is 0.475 e. The maximum atomic E-state index is 14.1. The zero-order chi connectivity index (χ0) is 80.3. The predicted molar refractivity (Wildman–Crippen MR) is 448 cm³/mol. The summed E-state index contributed by atoms with van der Waals surface area (Å²) in [6, 6.07) is -2.08. The number of terminal acetylenes is 2. The van der Waals surface area contributed by atoms with Crippen molar-refractivity contribution in [2.75, 3.05) is 79.2 Å². The van der Waals surface area contributed by atoms with Crippen molar-refractivity contribution in [3.8, 4) is 143 Å². The van der Waals surface area contributed by atoms with Crippen molar-refractivity contribution in [1.82, 2.24) is 21.3 Å². The molecule has 0 aliphatic carbocycles. The van der Waals surface area contributed by atoms with Crippen molar-refractivity contribution in [3.05, 3.63) is 25.3 Å². The highest BCUT2D eigenvalue weighted by Gasteiger charge is 2.31. The number of phosphoric acid groups is 2. The molecule has 0 aliphatic heterocycles. The number of carbonyl (C=O) groups is 3. The van der Waals surface area contributed by atoms with Crippen molar-refractivity contribution >= 4 is 33.5 Å². The molecular weight excluding hydrogens is 1420 g/mol. The van der Waals surface area contributed by atoms with Gasteiger partial charge in [-0.2, -0.15) is 0 Å². The monoisotopic (exact) mass is 1550 g/mol. The van der Waals surface area contributed by atoms with Gasteiger partial charge in [-0.15, -0.1) is 26.0 Å². The summed E-state index contributed by atoms with van der Waals surface area (Å²) in [7, 11) is -8.62. The quantitative estimate of drug-likeness (QED) is 0.0194. The van der Waals surface area contributed by atoms with Crippen LogP contribution >= 0.6 is 15.6 Å². The highest BCUT2D eigenvalue weighted by Crippen LogP contribution is 2.50. The Bertz CT molecular complexity index is 3150. The van der Waals surface area contributed by atoms with E-state index in [-0.39, 0.29) is 89.6 Å². The van der Waals surface area contributed by atoms with Crippen molar-refractivity contribution < 1.29 is 60.1 Å². The van der Waals surface area contributed by atoms with Gasteiger partial charge in [0.25, 0.3) is 0 Å². The molecule has 19 heteroatoms. The summed E-state index contributed by atoms with van der Waals surface area (Å²) in [6.07, 6.45) is 54.9. The summed E-state index contributed by atoms with van der Waals surface area (Å²) in [5.41, 5.74) is 0. The first kappa shape index (κ1) is 103. The molecule has 0 radical (unpaired) electrons. The lowest BCUT2D eigenvalue weighted by molar-refractivity contribution is -0.123. The Morgan fingerprint density at radius 2 is 0.645 bits per heavy atom. The number of rotatable bonds is 70. The van der Waals surface area contributed by atoms with E-state index < -0.39 is 33.8 Å². The summed E-state index contributed by atoms with van der Waals surface area (Å²) >= 11 is 0. The average Bonchev–Trinajstić information content (AvgIpc) is 0.891. The van der Waals surface area contributed by atoms with E-state index in [1.165, 1.54) is 128 Å². The molecule has 0 aromatic carbocycles. The second-order valence-electron chi connectivity index (χ2n) is 26.8. The average molecular weight is 1550 g/mol. The van der Waals surface area contributed by atoms with E-state index in [9.17, 15) is 23.5 Å². The van der Waals surface area contributed by atoms with E-state index in [4.69, 9.17) is 49.5 Å². The Hall–Kier alpha value is -7.45. The van der Waals surface area contributed by atoms with Crippen LogP contribution in [0.25, 0.3) is 0 Å². The fourth-order valence-electron chi connectivity index (χ4n) is 11.1. The minimum absolute atomic E-state index is 0.0570. The second kappa shape index (κ2) is 79.6. The number of carbonyl (C=O) groups excluding carboxylic acids is 3. The first-order valence-corrected chi connectivity index (χ1v) is 43.7. The van der Waals surface area contributed by atoms with E-state index in [0.29, 0.717) is 51.7 Å². The molecule has 0 aliphatic rings. The number of hydrogen-bond donors (Lipinski definition) is 4. The molecule has 4 N–H and O–H groups in total. The van der Waals surface area contributed by atoms with Gasteiger partial charge in [0.1, 0.15) is 0 Å². The van der Waals surface area contributed by atoms with Gasteiger partial charge < -0.3 is 30.7 Å². The minimum atomic E-state index is -4.31. The molecule has 0 heterocycles. The zero-order valence-corrected chi connectivity index (χ0v) is 69.3. The molecule has 2 unspecified atom stereocenters. The van der Waals surface area contributed by atoms with E-state index in [0.717, 1.165) is 103 Å². The van der Waals surface area contributed by atoms with Crippen LogP contribution in [0.5, 0.6) is 0 Å². The van der Waals surface area contributed by atoms with Crippen molar-refractivity contribution in [2.24, 2.45) is 11.8 Å². The fourth-order valence-corrected chi connectivity index (χ4v) is 13.4. The normalized spacial score (nSPS) is 12.2. The number of phosphoric ester groups is 2. The molecule has 0 aromatic heterocycles. The molecule has 0 fully saturated rings. The Kier molecular flexibility index (Phi) is 74.2. The SMILES string of the molecule is C#CC#CC#CC#CC#CC#CC[C@@H](CCCCCCC)CCOC[C@H](COP(=O)(OCC=C)OCCNC(=O)NCCOP(=O)(OCC=C)OC[C@@H](COCC[C@@H](CC#CC#CC#CC#CC#CC#C)CCCCCCC)NC(=O)CCCCCCCCCCCCC)NC(=O)CCCCCCCCCCCCC. The molecule has 0 saturated heterocycles. The number of amides is 4. The van der Waals surface area contributed by atoms with Crippen LogP contribution in [-0.4, -0.2) is 109 Å². The van der Waals surface area contributed by atoms with Gasteiger partial charge in [0.05, 0.1) is 64.9 Å². The summed E-state index contributed by atoms with van der Waals surface area (Å²) in [5.74, 6) is 58.0. The first-order valence-electron chi connectivity index (χ1n) is 40.8. The summed E-state index contributed by atoms with van der Waals surface area (Å²) in [4.78, 5) is 40.0. The molecule has 0 bridgehead atoms. The van der Waals surface area contributed by atoms with Crippen molar-refractivity contribution in [3.63, 3.8) is 0 Å². The first-order chi connectivity index (χ1) is 53.9. The van der Waals surface area contributed by atoms with Gasteiger partial charge in [0.15, 0.2) is 0 Å². The van der Waals surface area contributed by atoms with Crippen LogP contribution in [0.3, 0.4) is 0 Å². The third-order valence-corrected chi connectivity index (χ3v) is 20.0. The van der Waals surface area contributed by atoms with Crippen LogP contribution in [-0.2, 0) is 55.3 Å². The number of hydrogen-bond acceptors (Lipinski definition) is 13. The molecule has 0 rings (SSSR count). The third kappa shape index (κ3) is 70.9. The highest BCUT2D eigenvalue weighted by atomic mass is 31.2. The number of unbranched alkanes of at least 4 members (excludes halogenated alkanes) is 28. The van der Waals surface area contributed by atoms with E-state index in [2.05, 4.69) is 192 Å². The maximum absolute atomic E-state index is 14.1. The van der Waals surface area contributed by atoms with Crippen molar-refractivity contribution in [2.45, 2.75) is 297 Å². The summed E-state index contributed by atoms with van der Waals surface area (Å²) < 4.78 is 75.0. The van der Waals surface area contributed by atoms with Crippen LogP contribution in [0.2, 0.25) is 0 Å². The van der Waals surface area contributed by atoms with E-state index in [1.54, 1.807) is 0 Å². The summed E-state index contributed by atoms with van der Waals surface area (Å²) in [5, 5.41) is 11.3. The smallest absolute Gasteiger partial charge is 0.379 e. The lowest BCUT2D eigenvalue weighted by atomic mass is 9.94. The van der Waals surface area contributed by atoms with Crippen LogP contribution < -0.4 is 21.3 Å². The van der Waals surface area contributed by atoms with E-state index in [1.807, 2.05) is 0 Å². The van der Waals surface area contributed by atoms with Gasteiger partial charge in [-0.25, -0.2) is 13.9 Å². The lowest BCUT2D eigenvalue weighted by Gasteiger charge is -2.23. The lowest BCUT2D eigenvalue weighted by Crippen LogP contribution is -2.41. The van der Waals surface area contributed by atoms with Crippen LogP contribution in [0, 0.1) is 155 Å². The standard InChI is InChI=1S/C91H132N4O13P2/c1-9-17-23-29-33-37-41-45-49-55-61-67-85(65-59-53-27-21-13-5)71-77-101-81-87(94-89(96)69-63-57-51-47-43-39-35-31-25-19-11-3)83-107-109(99,103-75-15-7)105-79-73-92-91(98)93-74-80-106-110(100,104-76-16-8)108-84-88(95-90(97)70-64-58-52-48-44-40-36-32-26-20-12-4)82-102-78-72-86(66-60-54-28-22-14-6)68-62-56-50-46-42-38-34-30-24-18-10-2/h1-2,15-16,85-88H,7-8,11-14,19-22,25-28,31-32,35-36,39-40,43-44,47-48,51-54,57-60,63-84H2,3-6H3,(H,94,96)(H,95,97)(H2,92,93,98)/t85-,86-,87-,88-,109?,110?/m1/s1. The van der Waals surface area contributed by atoms with Gasteiger partial charge in [-0.3, -0.25) is 36.7 Å². The number of ether oxygens (including phenoxy) is 2. The third-order valence-electron chi connectivity index (χ3n) is 17.1. The Morgan fingerprint density at radius 3 is 0.955 bits per heavy atom. The molecule has 6 atom stereocenters. The van der Waals surface area contributed by atoms with Gasteiger partial charge in [-0.1, -0.05) is 244 Å². The molecule has 0 aromatic rings. The van der Waals surface area contributed by atoms with Crippen LogP contribution in [0.15, 0.2) is 25.3 Å². The highest BCUT2D eigenvalue weighted by molar-refractivity contribution is 7.48. The Balaban J connectivity index is 6.10. The Labute approximate surface area is 667 Å². The van der Waals surface area contributed by atoms with Crippen molar-refractivity contribution in [1.29, 1.82) is 0 Å². The number of urea groups is 1. The Morgan fingerprint density at radius 1 is 0.355 bits per heavy atom. The largest absolute Gasteiger partial charge is 0.475 e. The van der Waals surface area contributed by atoms with Gasteiger partial charge >= 0.3 is 21.7 Å². The zero-order valence-electron chi connectivity index (χ0n) is 67.5. The number of nitrogens with one attached hydrogen (secondary N) is 4. The summed E-state index contributed by atoms with van der Waals surface area (Å²) in [6.45, 7) is 15.3. The molecule has 110 heavy (non-hydrogen) atoms. The molecule has 0 saturated carbocycles. The van der Waals surface area contributed by atoms with E-state index >= 15 is 0 Å². The molecular formula is C91H132N4O13P2. The van der Waals surface area contributed by atoms with Gasteiger partial charge in [0, 0.05) is 52.0 Å². The van der Waals surface area contributed by atoms with Gasteiger partial charge in [-0.05, 0) is 169 Å². The second-order valence-corrected chi connectivity index (χ2v) is 30.1.